The highest BCUT2D eigenvalue weighted by Gasteiger charge is 2.15. The number of nitrogens with one attached hydrogen (secondary N) is 2. The van der Waals surface area contributed by atoms with Crippen LogP contribution >= 0.6 is 46.6 Å². The molecule has 0 aromatic heterocycles. The zero-order valence-corrected chi connectivity index (χ0v) is 14.7. The van der Waals surface area contributed by atoms with Crippen LogP contribution < -0.4 is 10.9 Å². The van der Waals surface area contributed by atoms with Gasteiger partial charge in [0.15, 0.2) is 0 Å². The SMILES string of the molecule is O=C(CSc1ccc(Cl)cc1)NNC(=O)c1c(Cl)cccc1Cl. The van der Waals surface area contributed by atoms with Crippen molar-refractivity contribution in [3.63, 3.8) is 0 Å². The largest absolute Gasteiger partial charge is 0.272 e. The van der Waals surface area contributed by atoms with E-state index in [1.807, 2.05) is 12.1 Å². The highest BCUT2D eigenvalue weighted by molar-refractivity contribution is 8.00. The third-order valence-corrected chi connectivity index (χ3v) is 4.58. The Morgan fingerprint density at radius 1 is 0.913 bits per heavy atom. The highest BCUT2D eigenvalue weighted by atomic mass is 35.5. The van der Waals surface area contributed by atoms with Crippen molar-refractivity contribution in [2.24, 2.45) is 0 Å². The van der Waals surface area contributed by atoms with Gasteiger partial charge in [-0.2, -0.15) is 0 Å². The first-order valence-electron chi connectivity index (χ1n) is 6.39. The van der Waals surface area contributed by atoms with E-state index < -0.39 is 5.91 Å². The van der Waals surface area contributed by atoms with Gasteiger partial charge in [0.25, 0.3) is 5.91 Å². The Hall–Kier alpha value is -1.40. The van der Waals surface area contributed by atoms with Crippen LogP contribution in [0.2, 0.25) is 15.1 Å². The summed E-state index contributed by atoms with van der Waals surface area (Å²) in [6, 6.07) is 11.8. The molecular formula is C15H11Cl3N2O2S. The number of rotatable bonds is 4. The standard InChI is InChI=1S/C15H11Cl3N2O2S/c16-9-4-6-10(7-5-9)23-8-13(21)19-20-15(22)14-11(17)2-1-3-12(14)18/h1-7H,8H2,(H,19,21)(H,20,22). The fraction of sp³-hybridized carbons (Fsp3) is 0.0667. The average Bonchev–Trinajstić information content (AvgIpc) is 2.52. The van der Waals surface area contributed by atoms with Crippen molar-refractivity contribution in [2.75, 3.05) is 5.75 Å². The Balaban J connectivity index is 1.84. The molecule has 0 saturated carbocycles. The summed E-state index contributed by atoms with van der Waals surface area (Å²) in [7, 11) is 0. The lowest BCUT2D eigenvalue weighted by Gasteiger charge is -2.09. The Kier molecular flexibility index (Phi) is 6.59. The first-order chi connectivity index (χ1) is 11.0. The average molecular weight is 390 g/mol. The third kappa shape index (κ3) is 5.32. The smallest absolute Gasteiger partial charge is 0.272 e. The number of carbonyl (C=O) groups excluding carboxylic acids is 2. The molecule has 0 heterocycles. The van der Waals surface area contributed by atoms with E-state index in [-0.39, 0.29) is 27.3 Å². The lowest BCUT2D eigenvalue weighted by molar-refractivity contribution is -0.119. The number of hydrogen-bond donors (Lipinski definition) is 2. The molecule has 2 rings (SSSR count). The Morgan fingerprint density at radius 2 is 1.52 bits per heavy atom. The van der Waals surface area contributed by atoms with Crippen LogP contribution in [0.4, 0.5) is 0 Å². The molecule has 2 aromatic carbocycles. The second-order valence-electron chi connectivity index (χ2n) is 4.34. The van der Waals surface area contributed by atoms with Gasteiger partial charge in [-0.05, 0) is 36.4 Å². The molecule has 8 heteroatoms. The van der Waals surface area contributed by atoms with Crippen molar-refractivity contribution < 1.29 is 9.59 Å². The lowest BCUT2D eigenvalue weighted by Crippen LogP contribution is -2.42. The van der Waals surface area contributed by atoms with Crippen molar-refractivity contribution in [3.8, 4) is 0 Å². The second kappa shape index (κ2) is 8.45. The van der Waals surface area contributed by atoms with Gasteiger partial charge in [-0.15, -0.1) is 11.8 Å². The van der Waals surface area contributed by atoms with Crippen LogP contribution in [0.1, 0.15) is 10.4 Å². The van der Waals surface area contributed by atoms with Gasteiger partial charge in [0.2, 0.25) is 5.91 Å². The summed E-state index contributed by atoms with van der Waals surface area (Å²) in [5.41, 5.74) is 4.71. The molecule has 120 valence electrons. The number of benzene rings is 2. The normalized spacial score (nSPS) is 10.2. The van der Waals surface area contributed by atoms with Crippen molar-refractivity contribution in [3.05, 3.63) is 63.1 Å². The van der Waals surface area contributed by atoms with E-state index in [0.29, 0.717) is 5.02 Å². The van der Waals surface area contributed by atoms with E-state index in [4.69, 9.17) is 34.8 Å². The minimum atomic E-state index is -0.578. The van der Waals surface area contributed by atoms with Crippen LogP contribution in [-0.2, 0) is 4.79 Å². The molecular weight excluding hydrogens is 379 g/mol. The zero-order valence-electron chi connectivity index (χ0n) is 11.6. The third-order valence-electron chi connectivity index (χ3n) is 2.69. The molecule has 2 N–H and O–H groups in total. The summed E-state index contributed by atoms with van der Waals surface area (Å²) in [4.78, 5) is 24.6. The van der Waals surface area contributed by atoms with Crippen molar-refractivity contribution >= 4 is 58.4 Å². The topological polar surface area (TPSA) is 58.2 Å². The molecule has 2 amide bonds. The number of hydrogen-bond acceptors (Lipinski definition) is 3. The molecule has 2 aromatic rings. The number of amides is 2. The van der Waals surface area contributed by atoms with E-state index in [2.05, 4.69) is 10.9 Å². The van der Waals surface area contributed by atoms with Gasteiger partial charge in [0.1, 0.15) is 0 Å². The fourth-order valence-corrected chi connectivity index (χ4v) is 3.01. The van der Waals surface area contributed by atoms with Crippen molar-refractivity contribution in [1.82, 2.24) is 10.9 Å². The van der Waals surface area contributed by atoms with Crippen LogP contribution in [0.25, 0.3) is 0 Å². The van der Waals surface area contributed by atoms with Gasteiger partial charge in [-0.3, -0.25) is 20.4 Å². The highest BCUT2D eigenvalue weighted by Crippen LogP contribution is 2.24. The van der Waals surface area contributed by atoms with Crippen LogP contribution in [-0.4, -0.2) is 17.6 Å². The van der Waals surface area contributed by atoms with E-state index in [9.17, 15) is 9.59 Å². The molecule has 0 unspecified atom stereocenters. The van der Waals surface area contributed by atoms with Gasteiger partial charge < -0.3 is 0 Å². The lowest BCUT2D eigenvalue weighted by atomic mass is 10.2. The summed E-state index contributed by atoms with van der Waals surface area (Å²) in [6.07, 6.45) is 0. The van der Waals surface area contributed by atoms with E-state index in [1.54, 1.807) is 30.3 Å². The molecule has 0 saturated heterocycles. The second-order valence-corrected chi connectivity index (χ2v) is 6.64. The van der Waals surface area contributed by atoms with Crippen LogP contribution in [0.3, 0.4) is 0 Å². The maximum atomic E-state index is 12.0. The Bertz CT molecular complexity index is 703. The van der Waals surface area contributed by atoms with E-state index >= 15 is 0 Å². The summed E-state index contributed by atoms with van der Waals surface area (Å²) < 4.78 is 0. The molecule has 0 aliphatic rings. The number of halogens is 3. The maximum absolute atomic E-state index is 12.0. The van der Waals surface area contributed by atoms with E-state index in [1.165, 1.54) is 11.8 Å². The molecule has 23 heavy (non-hydrogen) atoms. The van der Waals surface area contributed by atoms with E-state index in [0.717, 1.165) is 4.90 Å². The first-order valence-corrected chi connectivity index (χ1v) is 8.51. The zero-order chi connectivity index (χ0) is 16.8. The molecule has 0 atom stereocenters. The summed E-state index contributed by atoms with van der Waals surface area (Å²) in [5, 5.41) is 1.04. The van der Waals surface area contributed by atoms with Gasteiger partial charge >= 0.3 is 0 Å². The van der Waals surface area contributed by atoms with Crippen molar-refractivity contribution in [1.29, 1.82) is 0 Å². The van der Waals surface area contributed by atoms with Gasteiger partial charge in [0.05, 0.1) is 21.4 Å². The van der Waals surface area contributed by atoms with Gasteiger partial charge in [-0.25, -0.2) is 0 Å². The first kappa shape index (κ1) is 17.9. The van der Waals surface area contributed by atoms with Crippen LogP contribution in [0, 0.1) is 0 Å². The van der Waals surface area contributed by atoms with Crippen LogP contribution in [0.5, 0.6) is 0 Å². The van der Waals surface area contributed by atoms with Gasteiger partial charge in [-0.1, -0.05) is 40.9 Å². The molecule has 0 aliphatic heterocycles. The number of carbonyl (C=O) groups is 2. The molecule has 0 aliphatic carbocycles. The molecule has 0 fully saturated rings. The molecule has 0 spiro atoms. The quantitative estimate of drug-likeness (QED) is 0.608. The molecule has 0 radical (unpaired) electrons. The van der Waals surface area contributed by atoms with Crippen molar-refractivity contribution in [2.45, 2.75) is 4.90 Å². The predicted molar refractivity (Wildman–Crippen MR) is 94.2 cm³/mol. The molecule has 0 bridgehead atoms. The Morgan fingerprint density at radius 3 is 2.13 bits per heavy atom. The molecule has 4 nitrogen and oxygen atoms in total. The summed E-state index contributed by atoms with van der Waals surface area (Å²) in [5.74, 6) is -0.801. The minimum Gasteiger partial charge on any atom is -0.272 e. The van der Waals surface area contributed by atoms with Crippen LogP contribution in [0.15, 0.2) is 47.4 Å². The minimum absolute atomic E-state index is 0.112. The summed E-state index contributed by atoms with van der Waals surface area (Å²) in [6.45, 7) is 0. The number of thioether (sulfide) groups is 1. The monoisotopic (exact) mass is 388 g/mol. The fourth-order valence-electron chi connectivity index (χ4n) is 1.62. The van der Waals surface area contributed by atoms with Gasteiger partial charge in [0, 0.05) is 9.92 Å². The maximum Gasteiger partial charge on any atom is 0.272 e. The Labute approximate surface area is 152 Å². The summed E-state index contributed by atoms with van der Waals surface area (Å²) >= 11 is 18.9. The number of hydrazine groups is 1. The predicted octanol–water partition coefficient (Wildman–Crippen LogP) is 4.20.